The summed E-state index contributed by atoms with van der Waals surface area (Å²) in [5.41, 5.74) is 0.985. The van der Waals surface area contributed by atoms with Crippen LogP contribution in [0.1, 0.15) is 12.0 Å². The van der Waals surface area contributed by atoms with E-state index in [2.05, 4.69) is 0 Å². The number of hydrogen-bond donors (Lipinski definition) is 0. The van der Waals surface area contributed by atoms with Crippen molar-refractivity contribution in [3.63, 3.8) is 0 Å². The van der Waals surface area contributed by atoms with Crippen molar-refractivity contribution in [3.05, 3.63) is 27.4 Å². The van der Waals surface area contributed by atoms with E-state index in [1.807, 2.05) is 17.5 Å². The van der Waals surface area contributed by atoms with Gasteiger partial charge in [-0.1, -0.05) is 23.8 Å². The summed E-state index contributed by atoms with van der Waals surface area (Å²) < 4.78 is 0.771. The van der Waals surface area contributed by atoms with E-state index < -0.39 is 0 Å². The van der Waals surface area contributed by atoms with Gasteiger partial charge in [-0.15, -0.1) is 11.3 Å². The highest BCUT2D eigenvalue weighted by Gasteiger charge is 1.94. The van der Waals surface area contributed by atoms with E-state index in [1.165, 1.54) is 11.3 Å². The molecule has 0 spiro atoms. The lowest BCUT2D eigenvalue weighted by Gasteiger charge is -1.84. The Morgan fingerprint density at radius 1 is 1.64 bits per heavy atom. The van der Waals surface area contributed by atoms with Gasteiger partial charge in [0.05, 0.1) is 0 Å². The Kier molecular flexibility index (Phi) is 3.33. The van der Waals surface area contributed by atoms with Crippen LogP contribution in [-0.4, -0.2) is 6.29 Å². The van der Waals surface area contributed by atoms with Crippen molar-refractivity contribution in [2.75, 3.05) is 0 Å². The minimum absolute atomic E-state index is 0.451. The summed E-state index contributed by atoms with van der Waals surface area (Å²) in [7, 11) is 0. The minimum atomic E-state index is 0.451. The number of aldehydes is 1. The fourth-order valence-electron chi connectivity index (χ4n) is 0.672. The van der Waals surface area contributed by atoms with Gasteiger partial charge in [-0.2, -0.15) is 0 Å². The van der Waals surface area contributed by atoms with Gasteiger partial charge in [-0.3, -0.25) is 0 Å². The summed E-state index contributed by atoms with van der Waals surface area (Å²) in [6, 6.07) is 1.92. The molecule has 0 saturated heterocycles. The second-order valence-corrected chi connectivity index (χ2v) is 3.47. The van der Waals surface area contributed by atoms with Crippen molar-refractivity contribution in [3.8, 4) is 0 Å². The molecule has 1 aromatic rings. The third-order valence-corrected chi connectivity index (χ3v) is 2.38. The molecule has 0 amide bonds. The molecule has 3 heteroatoms. The van der Waals surface area contributed by atoms with E-state index >= 15 is 0 Å². The third-order valence-electron chi connectivity index (χ3n) is 1.18. The van der Waals surface area contributed by atoms with Crippen LogP contribution in [0, 0.1) is 0 Å². The highest BCUT2D eigenvalue weighted by molar-refractivity contribution is 7.14. The van der Waals surface area contributed by atoms with Gasteiger partial charge in [0.1, 0.15) is 10.6 Å². The van der Waals surface area contributed by atoms with Gasteiger partial charge < -0.3 is 4.79 Å². The third kappa shape index (κ3) is 2.48. The van der Waals surface area contributed by atoms with Crippen molar-refractivity contribution in [2.45, 2.75) is 6.42 Å². The van der Waals surface area contributed by atoms with Crippen LogP contribution in [0.4, 0.5) is 0 Å². The Hall–Kier alpha value is -0.600. The maximum Gasteiger partial charge on any atom is 0.123 e. The van der Waals surface area contributed by atoms with Gasteiger partial charge in [0.25, 0.3) is 0 Å². The summed E-state index contributed by atoms with van der Waals surface area (Å²) in [6.07, 6.45) is 4.96. The Balaban J connectivity index is 2.63. The van der Waals surface area contributed by atoms with Crippen LogP contribution in [-0.2, 0) is 4.79 Å². The summed E-state index contributed by atoms with van der Waals surface area (Å²) >= 11 is 7.29. The molecular formula is C8H7ClOS. The van der Waals surface area contributed by atoms with E-state index in [1.54, 1.807) is 6.08 Å². The van der Waals surface area contributed by atoms with Crippen LogP contribution in [0.25, 0.3) is 6.08 Å². The summed E-state index contributed by atoms with van der Waals surface area (Å²) in [6.45, 7) is 0. The molecule has 0 N–H and O–H groups in total. The Morgan fingerprint density at radius 2 is 2.45 bits per heavy atom. The monoisotopic (exact) mass is 186 g/mol. The van der Waals surface area contributed by atoms with E-state index in [0.717, 1.165) is 16.2 Å². The van der Waals surface area contributed by atoms with Gasteiger partial charge in [0, 0.05) is 12.0 Å². The predicted octanol–water partition coefficient (Wildman–Crippen LogP) is 3.00. The van der Waals surface area contributed by atoms with Crippen LogP contribution in [0.2, 0.25) is 4.34 Å². The molecule has 1 aromatic heterocycles. The number of thiophene rings is 1. The van der Waals surface area contributed by atoms with Crippen molar-refractivity contribution in [1.82, 2.24) is 0 Å². The standard InChI is InChI=1S/C8H7ClOS/c9-8-7(4-6-11-8)3-1-2-5-10/h1,3-6H,2H2. The first-order chi connectivity index (χ1) is 5.34. The van der Waals surface area contributed by atoms with E-state index in [0.29, 0.717) is 6.42 Å². The molecule has 0 fully saturated rings. The molecule has 0 saturated carbocycles. The molecule has 0 bridgehead atoms. The normalized spacial score (nSPS) is 10.6. The van der Waals surface area contributed by atoms with Crippen molar-refractivity contribution in [2.24, 2.45) is 0 Å². The number of carbonyl (C=O) groups excluding carboxylic acids is 1. The molecule has 11 heavy (non-hydrogen) atoms. The van der Waals surface area contributed by atoms with Crippen LogP contribution in [0.15, 0.2) is 17.5 Å². The summed E-state index contributed by atoms with van der Waals surface area (Å²) in [4.78, 5) is 9.94. The zero-order chi connectivity index (χ0) is 8.10. The average molecular weight is 187 g/mol. The lowest BCUT2D eigenvalue weighted by atomic mass is 10.3. The fraction of sp³-hybridized carbons (Fsp3) is 0.125. The van der Waals surface area contributed by atoms with Crippen LogP contribution in [0.5, 0.6) is 0 Å². The van der Waals surface area contributed by atoms with Crippen molar-refractivity contribution < 1.29 is 4.79 Å². The fourth-order valence-corrected chi connectivity index (χ4v) is 1.56. The highest BCUT2D eigenvalue weighted by atomic mass is 35.5. The van der Waals surface area contributed by atoms with Crippen LogP contribution in [0.3, 0.4) is 0 Å². The van der Waals surface area contributed by atoms with E-state index in [9.17, 15) is 4.79 Å². The van der Waals surface area contributed by atoms with Crippen LogP contribution >= 0.6 is 22.9 Å². The second kappa shape index (κ2) is 4.31. The predicted molar refractivity (Wildman–Crippen MR) is 49.0 cm³/mol. The van der Waals surface area contributed by atoms with Gasteiger partial charge in [-0.25, -0.2) is 0 Å². The summed E-state index contributed by atoms with van der Waals surface area (Å²) in [5, 5.41) is 1.92. The zero-order valence-electron chi connectivity index (χ0n) is 5.79. The van der Waals surface area contributed by atoms with E-state index in [4.69, 9.17) is 11.6 Å². The average Bonchev–Trinajstić information content (AvgIpc) is 2.37. The SMILES string of the molecule is O=CCC=Cc1ccsc1Cl. The first kappa shape index (κ1) is 8.50. The molecular weight excluding hydrogens is 180 g/mol. The molecule has 0 aromatic carbocycles. The topological polar surface area (TPSA) is 17.1 Å². The first-order valence-corrected chi connectivity index (χ1v) is 4.43. The Morgan fingerprint density at radius 3 is 3.00 bits per heavy atom. The second-order valence-electron chi connectivity index (χ2n) is 1.95. The lowest BCUT2D eigenvalue weighted by Crippen LogP contribution is -1.66. The molecule has 1 nitrogen and oxygen atoms in total. The van der Waals surface area contributed by atoms with Gasteiger partial charge in [-0.05, 0) is 11.4 Å². The van der Waals surface area contributed by atoms with E-state index in [-0.39, 0.29) is 0 Å². The van der Waals surface area contributed by atoms with Crippen molar-refractivity contribution >= 4 is 35.3 Å². The zero-order valence-corrected chi connectivity index (χ0v) is 7.36. The molecule has 1 heterocycles. The molecule has 0 atom stereocenters. The Labute approximate surface area is 74.3 Å². The maximum absolute atomic E-state index is 9.94. The number of halogens is 1. The minimum Gasteiger partial charge on any atom is -0.303 e. The van der Waals surface area contributed by atoms with Gasteiger partial charge >= 0.3 is 0 Å². The quantitative estimate of drug-likeness (QED) is 0.664. The van der Waals surface area contributed by atoms with Gasteiger partial charge in [0.15, 0.2) is 0 Å². The van der Waals surface area contributed by atoms with Crippen molar-refractivity contribution in [1.29, 1.82) is 0 Å². The molecule has 0 aliphatic heterocycles. The Bertz CT molecular complexity index is 265. The molecule has 0 aliphatic rings. The number of hydrogen-bond acceptors (Lipinski definition) is 2. The number of rotatable bonds is 3. The number of allylic oxidation sites excluding steroid dienone is 1. The highest BCUT2D eigenvalue weighted by Crippen LogP contribution is 2.23. The molecule has 58 valence electrons. The number of carbonyl (C=O) groups is 1. The molecule has 1 rings (SSSR count). The molecule has 0 unspecified atom stereocenters. The summed E-state index contributed by atoms with van der Waals surface area (Å²) in [5.74, 6) is 0. The van der Waals surface area contributed by atoms with Gasteiger partial charge in [0.2, 0.25) is 0 Å². The maximum atomic E-state index is 9.94. The molecule has 0 aliphatic carbocycles. The lowest BCUT2D eigenvalue weighted by molar-refractivity contribution is -0.107. The smallest absolute Gasteiger partial charge is 0.123 e. The van der Waals surface area contributed by atoms with Crippen LogP contribution < -0.4 is 0 Å². The first-order valence-electron chi connectivity index (χ1n) is 3.18. The largest absolute Gasteiger partial charge is 0.303 e. The molecule has 0 radical (unpaired) electrons.